The first-order chi connectivity index (χ1) is 15.4. The maximum Gasteiger partial charge on any atom is 0.0822 e. The molecule has 0 unspecified atom stereocenters. The van der Waals surface area contributed by atoms with E-state index < -0.39 is 0 Å². The van der Waals surface area contributed by atoms with Gasteiger partial charge in [0.15, 0.2) is 0 Å². The lowest BCUT2D eigenvalue weighted by atomic mass is 9.79. The van der Waals surface area contributed by atoms with E-state index in [2.05, 4.69) is 78.5 Å². The molecule has 0 atom stereocenters. The van der Waals surface area contributed by atoms with E-state index in [1.807, 2.05) is 14.1 Å². The van der Waals surface area contributed by atoms with Crippen LogP contribution >= 0.6 is 0 Å². The van der Waals surface area contributed by atoms with E-state index in [0.717, 1.165) is 19.4 Å². The van der Waals surface area contributed by atoms with Crippen LogP contribution in [0.25, 0.3) is 0 Å². The second-order valence-electron chi connectivity index (χ2n) is 9.98. The first-order valence-corrected chi connectivity index (χ1v) is 12.0. The maximum absolute atomic E-state index is 9.39. The molecule has 33 heavy (non-hydrogen) atoms. The molecule has 2 N–H and O–H groups in total. The van der Waals surface area contributed by atoms with Crippen LogP contribution < -0.4 is 15.5 Å². The Hall–Kier alpha value is -2.51. The summed E-state index contributed by atoms with van der Waals surface area (Å²) >= 11 is 0. The van der Waals surface area contributed by atoms with Crippen LogP contribution in [-0.4, -0.2) is 34.7 Å². The molecule has 180 valence electrons. The van der Waals surface area contributed by atoms with E-state index in [9.17, 15) is 5.26 Å². The van der Waals surface area contributed by atoms with Crippen LogP contribution in [0.4, 0.5) is 11.4 Å². The lowest BCUT2D eigenvalue weighted by Gasteiger charge is -2.28. The van der Waals surface area contributed by atoms with Crippen molar-refractivity contribution in [3.05, 3.63) is 59.7 Å². The highest BCUT2D eigenvalue weighted by Gasteiger charge is 2.35. The van der Waals surface area contributed by atoms with Crippen LogP contribution in [0, 0.1) is 11.3 Å². The van der Waals surface area contributed by atoms with Gasteiger partial charge in [0, 0.05) is 51.5 Å². The quantitative estimate of drug-likeness (QED) is 0.587. The molecule has 4 nitrogen and oxygen atoms in total. The van der Waals surface area contributed by atoms with Crippen LogP contribution in [0.3, 0.4) is 0 Å². The second kappa shape index (κ2) is 11.6. The van der Waals surface area contributed by atoms with Gasteiger partial charge in [0.2, 0.25) is 0 Å². The predicted octanol–water partition coefficient (Wildman–Crippen LogP) is 6.25. The van der Waals surface area contributed by atoms with Gasteiger partial charge in [-0.05, 0) is 61.1 Å². The first kappa shape index (κ1) is 26.7. The Morgan fingerprint density at radius 2 is 1.12 bits per heavy atom. The average Bonchev–Trinajstić information content (AvgIpc) is 3.51. The van der Waals surface area contributed by atoms with Crippen molar-refractivity contribution in [3.63, 3.8) is 0 Å². The van der Waals surface area contributed by atoms with E-state index in [1.54, 1.807) is 0 Å². The summed E-state index contributed by atoms with van der Waals surface area (Å²) in [5, 5.41) is 9.39. The highest BCUT2D eigenvalue weighted by atomic mass is 15.1. The molecular formula is C29H44N4. The van der Waals surface area contributed by atoms with E-state index in [1.165, 1.54) is 61.0 Å². The zero-order valence-electron chi connectivity index (χ0n) is 20.4. The molecule has 0 aromatic heterocycles. The summed E-state index contributed by atoms with van der Waals surface area (Å²) in [4.78, 5) is 4.21. The van der Waals surface area contributed by atoms with Crippen molar-refractivity contribution >= 4 is 11.4 Å². The third kappa shape index (κ3) is 5.89. The third-order valence-electron chi connectivity index (χ3n) is 7.55. The monoisotopic (exact) mass is 448 g/mol. The number of hydrogen-bond acceptors (Lipinski definition) is 4. The Bertz CT molecular complexity index is 879. The Balaban J connectivity index is 0.000000227. The van der Waals surface area contributed by atoms with Gasteiger partial charge in [0.05, 0.1) is 11.5 Å². The SMILES string of the molecule is C.CN(C)c1ccc(C2(C#N)CCCC2)cc1.CN(C)c1ccc(C2(CN)CCCC2)cc1. The molecule has 2 aliphatic carbocycles. The lowest BCUT2D eigenvalue weighted by Crippen LogP contribution is -2.31. The van der Waals surface area contributed by atoms with Gasteiger partial charge in [-0.1, -0.05) is 57.4 Å². The van der Waals surface area contributed by atoms with E-state index in [0.29, 0.717) is 0 Å². The number of anilines is 2. The molecule has 2 aliphatic rings. The van der Waals surface area contributed by atoms with E-state index in [4.69, 9.17) is 5.73 Å². The van der Waals surface area contributed by atoms with Gasteiger partial charge in [-0.15, -0.1) is 0 Å². The molecule has 4 heteroatoms. The van der Waals surface area contributed by atoms with Gasteiger partial charge in [-0.25, -0.2) is 0 Å². The average molecular weight is 449 g/mol. The van der Waals surface area contributed by atoms with Crippen LogP contribution in [-0.2, 0) is 10.8 Å². The lowest BCUT2D eigenvalue weighted by molar-refractivity contribution is 0.453. The van der Waals surface area contributed by atoms with Crippen molar-refractivity contribution in [2.24, 2.45) is 5.73 Å². The van der Waals surface area contributed by atoms with Gasteiger partial charge in [-0.3, -0.25) is 0 Å². The highest BCUT2D eigenvalue weighted by Crippen LogP contribution is 2.41. The normalized spacial score (nSPS) is 17.8. The van der Waals surface area contributed by atoms with E-state index in [-0.39, 0.29) is 18.3 Å². The summed E-state index contributed by atoms with van der Waals surface area (Å²) < 4.78 is 0. The minimum absolute atomic E-state index is 0. The molecule has 4 rings (SSSR count). The van der Waals surface area contributed by atoms with Crippen LogP contribution in [0.5, 0.6) is 0 Å². The minimum atomic E-state index is -0.204. The predicted molar refractivity (Wildman–Crippen MR) is 143 cm³/mol. The molecule has 0 radical (unpaired) electrons. The molecule has 0 saturated heterocycles. The van der Waals surface area contributed by atoms with Crippen molar-refractivity contribution in [2.45, 2.75) is 69.6 Å². The Kier molecular flexibility index (Phi) is 9.37. The first-order valence-electron chi connectivity index (χ1n) is 12.0. The molecule has 0 bridgehead atoms. The number of rotatable bonds is 5. The number of hydrogen-bond donors (Lipinski definition) is 1. The zero-order chi connectivity index (χ0) is 23.2. The minimum Gasteiger partial charge on any atom is -0.378 e. The molecule has 2 aromatic rings. The summed E-state index contributed by atoms with van der Waals surface area (Å²) in [6.45, 7) is 0.786. The van der Waals surface area contributed by atoms with Gasteiger partial charge in [0.1, 0.15) is 0 Å². The largest absolute Gasteiger partial charge is 0.378 e. The summed E-state index contributed by atoms with van der Waals surface area (Å²) in [5.41, 5.74) is 11.1. The van der Waals surface area contributed by atoms with Gasteiger partial charge in [-0.2, -0.15) is 5.26 Å². The van der Waals surface area contributed by atoms with E-state index >= 15 is 0 Å². The third-order valence-corrected chi connectivity index (χ3v) is 7.55. The fraction of sp³-hybridized carbons (Fsp3) is 0.552. The van der Waals surface area contributed by atoms with Crippen molar-refractivity contribution in [3.8, 4) is 6.07 Å². The molecule has 2 fully saturated rings. The molecule has 0 heterocycles. The Morgan fingerprint density at radius 1 is 0.727 bits per heavy atom. The van der Waals surface area contributed by atoms with Crippen LogP contribution in [0.1, 0.15) is 69.9 Å². The number of nitrogens with zero attached hydrogens (tertiary/aromatic N) is 3. The maximum atomic E-state index is 9.39. The summed E-state index contributed by atoms with van der Waals surface area (Å²) in [6.07, 6.45) is 9.57. The molecule has 2 saturated carbocycles. The van der Waals surface area contributed by atoms with Crippen molar-refractivity contribution in [2.75, 3.05) is 44.5 Å². The number of nitriles is 1. The fourth-order valence-electron chi connectivity index (χ4n) is 5.30. The van der Waals surface area contributed by atoms with Gasteiger partial charge in [0.25, 0.3) is 0 Å². The topological polar surface area (TPSA) is 56.3 Å². The molecular weight excluding hydrogens is 404 g/mol. The molecule has 0 amide bonds. The second-order valence-corrected chi connectivity index (χ2v) is 9.98. The standard InChI is InChI=1S/C14H22N2.C14H18N2.CH4/c2*1-16(2)13-7-5-12(6-8-13)14(11-15)9-3-4-10-14;/h5-8H,3-4,9-11,15H2,1-2H3;5-8H,3-4,9-10H2,1-2H3;1H4. The van der Waals surface area contributed by atoms with Crippen LogP contribution in [0.15, 0.2) is 48.5 Å². The van der Waals surface area contributed by atoms with Crippen molar-refractivity contribution < 1.29 is 0 Å². The fourth-order valence-corrected chi connectivity index (χ4v) is 5.30. The van der Waals surface area contributed by atoms with Gasteiger partial charge < -0.3 is 15.5 Å². The summed E-state index contributed by atoms with van der Waals surface area (Å²) in [5.74, 6) is 0. The Morgan fingerprint density at radius 3 is 1.48 bits per heavy atom. The van der Waals surface area contributed by atoms with Gasteiger partial charge >= 0.3 is 0 Å². The van der Waals surface area contributed by atoms with Crippen molar-refractivity contribution in [1.82, 2.24) is 0 Å². The summed E-state index contributed by atoms with van der Waals surface area (Å²) in [7, 11) is 8.21. The number of nitrogens with two attached hydrogens (primary N) is 1. The highest BCUT2D eigenvalue weighted by molar-refractivity contribution is 5.49. The smallest absolute Gasteiger partial charge is 0.0822 e. The Labute approximate surface area is 202 Å². The zero-order valence-corrected chi connectivity index (χ0v) is 20.4. The molecule has 0 aliphatic heterocycles. The molecule has 0 spiro atoms. The number of benzene rings is 2. The van der Waals surface area contributed by atoms with Crippen molar-refractivity contribution in [1.29, 1.82) is 5.26 Å². The summed E-state index contributed by atoms with van der Waals surface area (Å²) in [6, 6.07) is 19.9. The van der Waals surface area contributed by atoms with Crippen LogP contribution in [0.2, 0.25) is 0 Å². The molecule has 2 aromatic carbocycles.